The zero-order chi connectivity index (χ0) is 7.98. The summed E-state index contributed by atoms with van der Waals surface area (Å²) in [6.07, 6.45) is 6.41. The summed E-state index contributed by atoms with van der Waals surface area (Å²) < 4.78 is 0. The molecule has 3 nitrogen and oxygen atoms in total. The Balaban J connectivity index is 3.90. The van der Waals surface area contributed by atoms with Gasteiger partial charge in [0.25, 0.3) is 5.70 Å². The zero-order valence-electron chi connectivity index (χ0n) is 5.78. The van der Waals surface area contributed by atoms with Crippen LogP contribution in [0.4, 0.5) is 0 Å². The van der Waals surface area contributed by atoms with E-state index in [2.05, 4.69) is 6.58 Å². The smallest absolute Gasteiger partial charge is 0.258 e. The fraction of sp³-hybridized carbons (Fsp3) is 0.143. The average Bonchev–Trinajstić information content (AvgIpc) is 1.88. The molecule has 0 aliphatic rings. The van der Waals surface area contributed by atoms with Crippen molar-refractivity contribution in [3.05, 3.63) is 46.7 Å². The topological polar surface area (TPSA) is 43.1 Å². The molecule has 0 N–H and O–H groups in total. The lowest BCUT2D eigenvalue weighted by atomic mass is 10.4. The van der Waals surface area contributed by atoms with Crippen LogP contribution in [0.15, 0.2) is 36.6 Å². The summed E-state index contributed by atoms with van der Waals surface area (Å²) >= 11 is 0. The van der Waals surface area contributed by atoms with Crippen LogP contribution in [-0.4, -0.2) is 4.92 Å². The van der Waals surface area contributed by atoms with Gasteiger partial charge in [-0.15, -0.1) is 0 Å². The predicted octanol–water partition coefficient (Wildman–Crippen LogP) is 1.91. The largest absolute Gasteiger partial charge is 0.262 e. The fourth-order valence-corrected chi connectivity index (χ4v) is 0.339. The molecule has 0 aromatic carbocycles. The quantitative estimate of drug-likeness (QED) is 0.340. The van der Waals surface area contributed by atoms with Gasteiger partial charge < -0.3 is 0 Å². The fourth-order valence-electron chi connectivity index (χ4n) is 0.339. The molecule has 0 aromatic rings. The molecule has 0 bridgehead atoms. The van der Waals surface area contributed by atoms with Crippen molar-refractivity contribution in [1.82, 2.24) is 0 Å². The Morgan fingerprint density at radius 1 is 1.60 bits per heavy atom. The highest BCUT2D eigenvalue weighted by Crippen LogP contribution is 1.92. The number of hydrogen-bond acceptors (Lipinski definition) is 2. The Bertz CT molecular complexity index is 192. The summed E-state index contributed by atoms with van der Waals surface area (Å²) in [5.41, 5.74) is -0.0990. The minimum absolute atomic E-state index is 0.0990. The lowest BCUT2D eigenvalue weighted by molar-refractivity contribution is -0.418. The molecule has 0 heterocycles. The number of allylic oxidation sites excluding steroid dienone is 4. The molecule has 3 heteroatoms. The van der Waals surface area contributed by atoms with Gasteiger partial charge in [0.2, 0.25) is 0 Å². The van der Waals surface area contributed by atoms with Crippen LogP contribution in [-0.2, 0) is 0 Å². The molecule has 0 aromatic heterocycles. The van der Waals surface area contributed by atoms with Gasteiger partial charge in [0, 0.05) is 6.08 Å². The van der Waals surface area contributed by atoms with E-state index in [1.54, 1.807) is 18.2 Å². The van der Waals surface area contributed by atoms with Gasteiger partial charge >= 0.3 is 0 Å². The first-order chi connectivity index (χ1) is 4.68. The van der Waals surface area contributed by atoms with E-state index in [1.807, 2.05) is 6.92 Å². The monoisotopic (exact) mass is 139 g/mol. The summed E-state index contributed by atoms with van der Waals surface area (Å²) in [6, 6.07) is 0. The van der Waals surface area contributed by atoms with E-state index in [9.17, 15) is 10.1 Å². The summed E-state index contributed by atoms with van der Waals surface area (Å²) in [4.78, 5) is 9.40. The Morgan fingerprint density at radius 3 is 2.60 bits per heavy atom. The van der Waals surface area contributed by atoms with Crippen LogP contribution in [0.3, 0.4) is 0 Å². The van der Waals surface area contributed by atoms with Gasteiger partial charge in [0.05, 0.1) is 4.92 Å². The van der Waals surface area contributed by atoms with Gasteiger partial charge in [-0.25, -0.2) is 0 Å². The lowest BCUT2D eigenvalue weighted by Crippen LogP contribution is -1.91. The van der Waals surface area contributed by atoms with Crippen LogP contribution in [0, 0.1) is 10.1 Å². The standard InChI is InChI=1S/C7H9NO2/c1-3-4-5-6-7(2)8(9)10/h3-6H,2H2,1H3/b4-3-,6-5-. The van der Waals surface area contributed by atoms with Crippen LogP contribution in [0.25, 0.3) is 0 Å². The molecule has 0 rings (SSSR count). The Hall–Kier alpha value is -1.38. The van der Waals surface area contributed by atoms with Crippen molar-refractivity contribution in [3.63, 3.8) is 0 Å². The van der Waals surface area contributed by atoms with E-state index >= 15 is 0 Å². The normalized spacial score (nSPS) is 10.9. The first kappa shape index (κ1) is 8.62. The van der Waals surface area contributed by atoms with E-state index in [1.165, 1.54) is 6.08 Å². The summed E-state index contributed by atoms with van der Waals surface area (Å²) in [6.45, 7) is 5.04. The van der Waals surface area contributed by atoms with E-state index in [4.69, 9.17) is 0 Å². The molecule has 0 radical (unpaired) electrons. The minimum atomic E-state index is -0.528. The third kappa shape index (κ3) is 3.60. The van der Waals surface area contributed by atoms with Gasteiger partial charge in [-0.1, -0.05) is 18.2 Å². The van der Waals surface area contributed by atoms with E-state index in [0.717, 1.165) is 0 Å². The van der Waals surface area contributed by atoms with Gasteiger partial charge in [-0.05, 0) is 13.5 Å². The van der Waals surface area contributed by atoms with Crippen LogP contribution in [0.2, 0.25) is 0 Å². The maximum absolute atomic E-state index is 9.92. The molecule has 0 aliphatic carbocycles. The predicted molar refractivity (Wildman–Crippen MR) is 40.1 cm³/mol. The number of hydrogen-bond donors (Lipinski definition) is 0. The maximum Gasteiger partial charge on any atom is 0.262 e. The van der Waals surface area contributed by atoms with Gasteiger partial charge in [-0.2, -0.15) is 0 Å². The van der Waals surface area contributed by atoms with Crippen molar-refractivity contribution in [2.45, 2.75) is 6.92 Å². The van der Waals surface area contributed by atoms with Crippen molar-refractivity contribution in [1.29, 1.82) is 0 Å². The molecule has 0 atom stereocenters. The van der Waals surface area contributed by atoms with Crippen LogP contribution >= 0.6 is 0 Å². The molecule has 54 valence electrons. The SMILES string of the molecule is C=C(/C=C\C=C/C)[N+](=O)[O-]. The minimum Gasteiger partial charge on any atom is -0.258 e. The highest BCUT2D eigenvalue weighted by molar-refractivity contribution is 5.12. The van der Waals surface area contributed by atoms with Crippen molar-refractivity contribution >= 4 is 0 Å². The highest BCUT2D eigenvalue weighted by Gasteiger charge is 1.96. The molecule has 0 unspecified atom stereocenters. The first-order valence-corrected chi connectivity index (χ1v) is 2.81. The number of nitro groups is 1. The zero-order valence-corrected chi connectivity index (χ0v) is 5.78. The second-order valence-electron chi connectivity index (χ2n) is 1.63. The summed E-state index contributed by atoms with van der Waals surface area (Å²) in [5.74, 6) is 0. The molecular weight excluding hydrogens is 130 g/mol. The second-order valence-corrected chi connectivity index (χ2v) is 1.63. The lowest BCUT2D eigenvalue weighted by Gasteiger charge is -1.83. The Labute approximate surface area is 59.5 Å². The molecule has 10 heavy (non-hydrogen) atoms. The number of nitrogens with zero attached hydrogens (tertiary/aromatic N) is 1. The molecule has 0 aliphatic heterocycles. The Morgan fingerprint density at radius 2 is 2.20 bits per heavy atom. The molecule has 0 spiro atoms. The van der Waals surface area contributed by atoms with Crippen molar-refractivity contribution in [3.8, 4) is 0 Å². The molecular formula is C7H9NO2. The highest BCUT2D eigenvalue weighted by atomic mass is 16.6. The van der Waals surface area contributed by atoms with E-state index in [-0.39, 0.29) is 5.70 Å². The van der Waals surface area contributed by atoms with Crippen molar-refractivity contribution in [2.24, 2.45) is 0 Å². The van der Waals surface area contributed by atoms with Crippen LogP contribution < -0.4 is 0 Å². The second kappa shape index (κ2) is 4.49. The van der Waals surface area contributed by atoms with Crippen molar-refractivity contribution in [2.75, 3.05) is 0 Å². The van der Waals surface area contributed by atoms with Crippen LogP contribution in [0.5, 0.6) is 0 Å². The molecule has 0 amide bonds. The van der Waals surface area contributed by atoms with Gasteiger partial charge in [-0.3, -0.25) is 10.1 Å². The van der Waals surface area contributed by atoms with E-state index < -0.39 is 4.92 Å². The third-order valence-corrected chi connectivity index (χ3v) is 0.827. The summed E-state index contributed by atoms with van der Waals surface area (Å²) in [5, 5.41) is 9.92. The molecule has 0 fully saturated rings. The first-order valence-electron chi connectivity index (χ1n) is 2.81. The van der Waals surface area contributed by atoms with Gasteiger partial charge in [0.15, 0.2) is 0 Å². The third-order valence-electron chi connectivity index (χ3n) is 0.827. The average molecular weight is 139 g/mol. The molecule has 0 saturated heterocycles. The van der Waals surface area contributed by atoms with E-state index in [0.29, 0.717) is 0 Å². The Kier molecular flexibility index (Phi) is 3.87. The number of rotatable bonds is 3. The van der Waals surface area contributed by atoms with Crippen molar-refractivity contribution < 1.29 is 4.92 Å². The maximum atomic E-state index is 9.92. The molecule has 0 saturated carbocycles. The summed E-state index contributed by atoms with van der Waals surface area (Å²) in [7, 11) is 0. The van der Waals surface area contributed by atoms with Gasteiger partial charge in [0.1, 0.15) is 0 Å². The van der Waals surface area contributed by atoms with Crippen LogP contribution in [0.1, 0.15) is 6.92 Å².